The maximum atomic E-state index is 12.2. The lowest BCUT2D eigenvalue weighted by molar-refractivity contribution is -0.140. The largest absolute Gasteiger partial charge is 0.480 e. The van der Waals surface area contributed by atoms with Crippen molar-refractivity contribution in [1.82, 2.24) is 4.31 Å². The molecule has 0 radical (unpaired) electrons. The molecular weight excluding hydrogens is 390 g/mol. The fourth-order valence-corrected chi connectivity index (χ4v) is 4.23. The lowest BCUT2D eigenvalue weighted by Gasteiger charge is -2.21. The number of sulfonamides is 1. The van der Waals surface area contributed by atoms with Crippen molar-refractivity contribution in [2.45, 2.75) is 17.9 Å². The molecule has 0 aromatic heterocycles. The topological polar surface area (TPSA) is 74.7 Å². The van der Waals surface area contributed by atoms with Gasteiger partial charge in [-0.1, -0.05) is 15.9 Å². The standard InChI is InChI=1S/C10H11Br2NO4S/c1-6(10(14)15)13(2)18(16,17)9-4-3-7(11)5-8(9)12/h3-6H,1-2H3,(H,14,15). The fraction of sp³-hybridized carbons (Fsp3) is 0.300. The summed E-state index contributed by atoms with van der Waals surface area (Å²) < 4.78 is 26.4. The second-order valence-corrected chi connectivity index (χ2v) is 7.35. The number of hydrogen-bond donors (Lipinski definition) is 1. The van der Waals surface area contributed by atoms with Crippen LogP contribution in [-0.4, -0.2) is 36.9 Å². The van der Waals surface area contributed by atoms with Crippen LogP contribution in [-0.2, 0) is 14.8 Å². The van der Waals surface area contributed by atoms with Gasteiger partial charge in [0.15, 0.2) is 0 Å². The summed E-state index contributed by atoms with van der Waals surface area (Å²) in [5, 5.41) is 8.85. The number of carbonyl (C=O) groups is 1. The highest BCUT2D eigenvalue weighted by Gasteiger charge is 2.30. The average Bonchev–Trinajstić information content (AvgIpc) is 2.26. The Morgan fingerprint density at radius 3 is 2.39 bits per heavy atom. The first kappa shape index (κ1) is 15.6. The maximum Gasteiger partial charge on any atom is 0.321 e. The van der Waals surface area contributed by atoms with E-state index in [0.29, 0.717) is 4.47 Å². The lowest BCUT2D eigenvalue weighted by atomic mass is 10.4. The first-order chi connectivity index (χ1) is 8.17. The Labute approximate surface area is 122 Å². The molecule has 0 aliphatic heterocycles. The summed E-state index contributed by atoms with van der Waals surface area (Å²) in [6.45, 7) is 1.31. The van der Waals surface area contributed by atoms with Crippen LogP contribution in [0.25, 0.3) is 0 Å². The Balaban J connectivity index is 3.25. The maximum absolute atomic E-state index is 12.2. The van der Waals surface area contributed by atoms with Crippen molar-refractivity contribution in [2.24, 2.45) is 0 Å². The molecule has 1 rings (SSSR count). The second-order valence-electron chi connectivity index (χ2n) is 3.61. The van der Waals surface area contributed by atoms with Crippen LogP contribution >= 0.6 is 31.9 Å². The molecule has 0 saturated heterocycles. The molecule has 1 unspecified atom stereocenters. The number of rotatable bonds is 4. The first-order valence-corrected chi connectivity index (χ1v) is 7.86. The zero-order valence-corrected chi connectivity index (χ0v) is 13.6. The van der Waals surface area contributed by atoms with E-state index in [0.717, 1.165) is 8.78 Å². The molecule has 0 aliphatic carbocycles. The molecule has 18 heavy (non-hydrogen) atoms. The van der Waals surface area contributed by atoms with Crippen molar-refractivity contribution in [2.75, 3.05) is 7.05 Å². The zero-order chi connectivity index (χ0) is 14.1. The molecule has 0 bridgehead atoms. The van der Waals surface area contributed by atoms with Gasteiger partial charge in [0.1, 0.15) is 6.04 Å². The van der Waals surface area contributed by atoms with Gasteiger partial charge in [-0.15, -0.1) is 0 Å². The SMILES string of the molecule is CC(C(=O)O)N(C)S(=O)(=O)c1ccc(Br)cc1Br. The Hall–Kier alpha value is -0.440. The molecule has 0 amide bonds. The van der Waals surface area contributed by atoms with Crippen LogP contribution in [0.4, 0.5) is 0 Å². The van der Waals surface area contributed by atoms with Gasteiger partial charge in [-0.3, -0.25) is 4.79 Å². The minimum Gasteiger partial charge on any atom is -0.480 e. The molecule has 100 valence electrons. The van der Waals surface area contributed by atoms with Crippen LogP contribution in [0, 0.1) is 0 Å². The van der Waals surface area contributed by atoms with Crippen molar-refractivity contribution >= 4 is 47.9 Å². The minimum atomic E-state index is -3.85. The molecule has 8 heteroatoms. The summed E-state index contributed by atoms with van der Waals surface area (Å²) in [5.74, 6) is -1.20. The van der Waals surface area contributed by atoms with E-state index in [4.69, 9.17) is 5.11 Å². The molecule has 0 heterocycles. The molecule has 1 aromatic rings. The van der Waals surface area contributed by atoms with Gasteiger partial charge in [0.25, 0.3) is 0 Å². The molecule has 0 fully saturated rings. The van der Waals surface area contributed by atoms with E-state index in [1.807, 2.05) is 0 Å². The fourth-order valence-electron chi connectivity index (χ4n) is 1.20. The Morgan fingerprint density at radius 1 is 1.39 bits per heavy atom. The van der Waals surface area contributed by atoms with Gasteiger partial charge >= 0.3 is 5.97 Å². The summed E-state index contributed by atoms with van der Waals surface area (Å²) in [7, 11) is -2.61. The summed E-state index contributed by atoms with van der Waals surface area (Å²) in [6.07, 6.45) is 0. The monoisotopic (exact) mass is 399 g/mol. The van der Waals surface area contributed by atoms with E-state index in [9.17, 15) is 13.2 Å². The average molecular weight is 401 g/mol. The lowest BCUT2D eigenvalue weighted by Crippen LogP contribution is -2.40. The summed E-state index contributed by atoms with van der Waals surface area (Å²) in [4.78, 5) is 10.9. The summed E-state index contributed by atoms with van der Waals surface area (Å²) in [6, 6.07) is 3.45. The number of carboxylic acids is 1. The first-order valence-electron chi connectivity index (χ1n) is 4.84. The molecule has 5 nitrogen and oxygen atoms in total. The number of aliphatic carboxylic acids is 1. The number of hydrogen-bond acceptors (Lipinski definition) is 3. The van der Waals surface area contributed by atoms with Gasteiger partial charge in [0, 0.05) is 16.0 Å². The van der Waals surface area contributed by atoms with E-state index in [1.165, 1.54) is 20.0 Å². The number of carboxylic acid groups (broad SMARTS) is 1. The van der Waals surface area contributed by atoms with Crippen molar-refractivity contribution < 1.29 is 18.3 Å². The molecule has 1 N–H and O–H groups in total. The quantitative estimate of drug-likeness (QED) is 0.841. The number of nitrogens with zero attached hydrogens (tertiary/aromatic N) is 1. The van der Waals surface area contributed by atoms with E-state index >= 15 is 0 Å². The molecule has 0 spiro atoms. The normalized spacial score (nSPS) is 13.6. The highest BCUT2D eigenvalue weighted by molar-refractivity contribution is 9.11. The van der Waals surface area contributed by atoms with E-state index in [1.54, 1.807) is 12.1 Å². The Bertz CT molecular complexity index is 573. The van der Waals surface area contributed by atoms with Gasteiger partial charge in [-0.05, 0) is 41.1 Å². The van der Waals surface area contributed by atoms with Gasteiger partial charge in [-0.2, -0.15) is 4.31 Å². The van der Waals surface area contributed by atoms with Gasteiger partial charge < -0.3 is 5.11 Å². The highest BCUT2D eigenvalue weighted by atomic mass is 79.9. The molecule has 1 aromatic carbocycles. The van der Waals surface area contributed by atoms with Crippen LogP contribution in [0.1, 0.15) is 6.92 Å². The van der Waals surface area contributed by atoms with Gasteiger partial charge in [0.2, 0.25) is 10.0 Å². The van der Waals surface area contributed by atoms with Crippen LogP contribution < -0.4 is 0 Å². The summed E-state index contributed by atoms with van der Waals surface area (Å²) in [5.41, 5.74) is 0. The Morgan fingerprint density at radius 2 is 1.94 bits per heavy atom. The third-order valence-corrected chi connectivity index (χ3v) is 5.85. The molecule has 0 saturated carbocycles. The van der Waals surface area contributed by atoms with E-state index < -0.39 is 22.0 Å². The highest BCUT2D eigenvalue weighted by Crippen LogP contribution is 2.28. The molecule has 1 atom stereocenters. The van der Waals surface area contributed by atoms with Gasteiger partial charge in [-0.25, -0.2) is 8.42 Å². The van der Waals surface area contributed by atoms with Crippen LogP contribution in [0.5, 0.6) is 0 Å². The number of likely N-dealkylation sites (N-methyl/N-ethyl adjacent to an activating group) is 1. The van der Waals surface area contributed by atoms with Crippen molar-refractivity contribution in [3.8, 4) is 0 Å². The van der Waals surface area contributed by atoms with Crippen LogP contribution in [0.15, 0.2) is 32.0 Å². The minimum absolute atomic E-state index is 0.0290. The predicted octanol–water partition coefficient (Wildman–Crippen LogP) is 2.31. The van der Waals surface area contributed by atoms with Crippen LogP contribution in [0.3, 0.4) is 0 Å². The Kier molecular flexibility index (Phi) is 4.93. The number of benzene rings is 1. The third kappa shape index (κ3) is 3.11. The van der Waals surface area contributed by atoms with Crippen LogP contribution in [0.2, 0.25) is 0 Å². The third-order valence-electron chi connectivity index (χ3n) is 2.45. The van der Waals surface area contributed by atoms with Crippen molar-refractivity contribution in [3.05, 3.63) is 27.1 Å². The zero-order valence-electron chi connectivity index (χ0n) is 9.59. The van der Waals surface area contributed by atoms with E-state index in [2.05, 4.69) is 31.9 Å². The molecular formula is C10H11Br2NO4S. The number of halogens is 2. The molecule has 0 aliphatic rings. The smallest absolute Gasteiger partial charge is 0.321 e. The van der Waals surface area contributed by atoms with Crippen molar-refractivity contribution in [1.29, 1.82) is 0 Å². The van der Waals surface area contributed by atoms with Crippen molar-refractivity contribution in [3.63, 3.8) is 0 Å². The van der Waals surface area contributed by atoms with Gasteiger partial charge in [0.05, 0.1) is 4.90 Å². The van der Waals surface area contributed by atoms with E-state index in [-0.39, 0.29) is 4.90 Å². The summed E-state index contributed by atoms with van der Waals surface area (Å²) >= 11 is 6.37. The predicted molar refractivity (Wildman–Crippen MR) is 73.9 cm³/mol. The second kappa shape index (κ2) is 5.68.